The number of hydrogen-bond donors (Lipinski definition) is 2. The molecule has 1 fully saturated rings. The third kappa shape index (κ3) is 3.19. The van der Waals surface area contributed by atoms with Crippen LogP contribution in [0.5, 0.6) is 5.75 Å². The van der Waals surface area contributed by atoms with Crippen LogP contribution < -0.4 is 10.7 Å². The van der Waals surface area contributed by atoms with Crippen molar-refractivity contribution in [1.82, 2.24) is 19.7 Å². The molecule has 156 valence electrons. The lowest BCUT2D eigenvalue weighted by molar-refractivity contribution is -0.131. The summed E-state index contributed by atoms with van der Waals surface area (Å²) in [6.45, 7) is 2.24. The van der Waals surface area contributed by atoms with Crippen molar-refractivity contribution in [3.05, 3.63) is 63.3 Å². The average molecular weight is 414 g/mol. The number of halogens is 1. The predicted octanol–water partition coefficient (Wildman–Crippen LogP) is 0.267. The van der Waals surface area contributed by atoms with Crippen LogP contribution in [0, 0.1) is 5.82 Å². The lowest BCUT2D eigenvalue weighted by Crippen LogP contribution is -2.51. The first kappa shape index (κ1) is 19.6. The summed E-state index contributed by atoms with van der Waals surface area (Å²) in [5.41, 5.74) is -0.850. The zero-order valence-electron chi connectivity index (χ0n) is 16.1. The molecule has 1 aromatic carbocycles. The second-order valence-electron chi connectivity index (χ2n) is 7.22. The number of carbonyl (C=O) groups excluding carboxylic acids is 3. The number of aromatic hydroxyl groups is 1. The molecule has 4 rings (SSSR count). The minimum Gasteiger partial charge on any atom is -0.503 e. The van der Waals surface area contributed by atoms with Crippen LogP contribution in [0.3, 0.4) is 0 Å². The number of aromatic nitrogens is 1. The van der Waals surface area contributed by atoms with Gasteiger partial charge in [0.05, 0.1) is 6.54 Å². The molecule has 2 aliphatic heterocycles. The van der Waals surface area contributed by atoms with E-state index in [1.54, 1.807) is 0 Å². The van der Waals surface area contributed by atoms with E-state index < -0.39 is 35.0 Å². The van der Waals surface area contributed by atoms with Crippen molar-refractivity contribution in [2.24, 2.45) is 0 Å². The molecular weight excluding hydrogens is 395 g/mol. The minimum atomic E-state index is -0.952. The molecule has 9 nitrogen and oxygen atoms in total. The Kier molecular flexibility index (Phi) is 4.76. The van der Waals surface area contributed by atoms with Crippen molar-refractivity contribution in [2.45, 2.75) is 26.2 Å². The van der Waals surface area contributed by atoms with Crippen LogP contribution >= 0.6 is 0 Å². The molecule has 2 N–H and O–H groups in total. The molecule has 10 heteroatoms. The van der Waals surface area contributed by atoms with Gasteiger partial charge >= 0.3 is 0 Å². The van der Waals surface area contributed by atoms with Gasteiger partial charge in [0.1, 0.15) is 17.5 Å². The monoisotopic (exact) mass is 414 g/mol. The van der Waals surface area contributed by atoms with Gasteiger partial charge in [-0.1, -0.05) is 12.1 Å². The van der Waals surface area contributed by atoms with Gasteiger partial charge in [0.2, 0.25) is 11.3 Å². The van der Waals surface area contributed by atoms with Crippen molar-refractivity contribution in [1.29, 1.82) is 0 Å². The maximum atomic E-state index is 13.0. The third-order valence-corrected chi connectivity index (χ3v) is 5.40. The average Bonchev–Trinajstić information content (AvgIpc) is 3.14. The quantitative estimate of drug-likeness (QED) is 0.749. The zero-order chi connectivity index (χ0) is 21.6. The molecule has 0 bridgehead atoms. The molecule has 1 atom stereocenters. The summed E-state index contributed by atoms with van der Waals surface area (Å²) in [6.07, 6.45) is 0.683. The second-order valence-corrected chi connectivity index (χ2v) is 7.22. The number of carbonyl (C=O) groups is 3. The van der Waals surface area contributed by atoms with Crippen LogP contribution in [0.1, 0.15) is 33.3 Å². The fourth-order valence-corrected chi connectivity index (χ4v) is 3.85. The first-order chi connectivity index (χ1) is 14.3. The summed E-state index contributed by atoms with van der Waals surface area (Å²) in [4.78, 5) is 52.7. The highest BCUT2D eigenvalue weighted by molar-refractivity contribution is 5.99. The maximum absolute atomic E-state index is 13.0. The number of fused-ring (bicyclic) bond motifs is 2. The minimum absolute atomic E-state index is 0.0501. The number of nitrogens with one attached hydrogen (secondary N) is 1. The van der Waals surface area contributed by atoms with Gasteiger partial charge in [-0.05, 0) is 17.7 Å². The Hall–Kier alpha value is -3.69. The van der Waals surface area contributed by atoms with E-state index in [0.29, 0.717) is 18.7 Å². The normalized spacial score (nSPS) is 17.5. The van der Waals surface area contributed by atoms with Crippen molar-refractivity contribution in [3.8, 4) is 5.75 Å². The Balaban J connectivity index is 1.63. The smallest absolute Gasteiger partial charge is 0.276 e. The molecule has 0 saturated carbocycles. The van der Waals surface area contributed by atoms with Gasteiger partial charge in [-0.2, -0.15) is 0 Å². The fraction of sp³-hybridized carbons (Fsp3) is 0.300. The highest BCUT2D eigenvalue weighted by Gasteiger charge is 2.43. The van der Waals surface area contributed by atoms with Crippen LogP contribution in [-0.2, 0) is 17.9 Å². The molecule has 1 saturated heterocycles. The molecule has 3 amide bonds. The molecule has 0 aliphatic carbocycles. The van der Waals surface area contributed by atoms with E-state index in [0.717, 1.165) is 0 Å². The number of pyridine rings is 1. The summed E-state index contributed by atoms with van der Waals surface area (Å²) in [7, 11) is 0. The summed E-state index contributed by atoms with van der Waals surface area (Å²) in [5, 5.41) is 12.9. The Bertz CT molecular complexity index is 1110. The van der Waals surface area contributed by atoms with E-state index in [4.69, 9.17) is 0 Å². The lowest BCUT2D eigenvalue weighted by Gasteiger charge is -2.35. The molecule has 30 heavy (non-hydrogen) atoms. The van der Waals surface area contributed by atoms with Gasteiger partial charge in [0.15, 0.2) is 11.4 Å². The van der Waals surface area contributed by atoms with Crippen molar-refractivity contribution in [3.63, 3.8) is 0 Å². The third-order valence-electron chi connectivity index (χ3n) is 5.40. The molecule has 0 spiro atoms. The first-order valence-corrected chi connectivity index (χ1v) is 9.35. The number of nitrogens with zero attached hydrogens (tertiary/aromatic N) is 3. The molecule has 3 heterocycles. The summed E-state index contributed by atoms with van der Waals surface area (Å²) in [5.74, 6) is -2.70. The summed E-state index contributed by atoms with van der Waals surface area (Å²) in [6, 6.07) is 5.49. The van der Waals surface area contributed by atoms with E-state index in [-0.39, 0.29) is 30.3 Å². The van der Waals surface area contributed by atoms with Gasteiger partial charge in [0.25, 0.3) is 11.8 Å². The van der Waals surface area contributed by atoms with Gasteiger partial charge < -0.3 is 24.8 Å². The van der Waals surface area contributed by atoms with Crippen molar-refractivity contribution < 1.29 is 23.9 Å². The van der Waals surface area contributed by atoms with Gasteiger partial charge in [-0.25, -0.2) is 4.39 Å². The maximum Gasteiger partial charge on any atom is 0.276 e. The van der Waals surface area contributed by atoms with E-state index >= 15 is 0 Å². The highest BCUT2D eigenvalue weighted by Crippen LogP contribution is 2.28. The largest absolute Gasteiger partial charge is 0.503 e. The van der Waals surface area contributed by atoms with Crippen LogP contribution in [0.25, 0.3) is 0 Å². The second kappa shape index (κ2) is 7.29. The van der Waals surface area contributed by atoms with E-state index in [2.05, 4.69) is 5.32 Å². The van der Waals surface area contributed by atoms with Gasteiger partial charge in [0, 0.05) is 32.8 Å². The Morgan fingerprint density at radius 2 is 1.90 bits per heavy atom. The molecule has 0 radical (unpaired) electrons. The topological polar surface area (TPSA) is 112 Å². The Morgan fingerprint density at radius 1 is 1.20 bits per heavy atom. The molecular formula is C20H19FN4O5. The SMILES string of the molecule is CC(=O)N1CCN2C(=O)c3c(O)c(=O)c(C(=O)NCc4ccc(F)cc4)cn3CC12. The molecule has 2 aliphatic rings. The molecule has 1 aromatic heterocycles. The number of amides is 3. The number of rotatable bonds is 3. The van der Waals surface area contributed by atoms with Crippen molar-refractivity contribution >= 4 is 17.7 Å². The van der Waals surface area contributed by atoms with Gasteiger partial charge in [-0.15, -0.1) is 0 Å². The van der Waals surface area contributed by atoms with Crippen LogP contribution in [-0.4, -0.2) is 56.5 Å². The molecule has 1 unspecified atom stereocenters. The fourth-order valence-electron chi connectivity index (χ4n) is 3.85. The molecule has 2 aromatic rings. The van der Waals surface area contributed by atoms with Crippen LogP contribution in [0.4, 0.5) is 4.39 Å². The standard InChI is InChI=1S/C20H19FN4O5/c1-11(26)24-6-7-25-15(24)10-23-9-14(17(27)18(28)16(23)20(25)30)19(29)22-8-12-2-4-13(21)5-3-12/h2-5,9,15,28H,6-8,10H2,1H3,(H,22,29). The van der Waals surface area contributed by atoms with E-state index in [9.17, 15) is 28.7 Å². The first-order valence-electron chi connectivity index (χ1n) is 9.35. The van der Waals surface area contributed by atoms with E-state index in [1.807, 2.05) is 0 Å². The predicted molar refractivity (Wildman–Crippen MR) is 102 cm³/mol. The van der Waals surface area contributed by atoms with Crippen LogP contribution in [0.2, 0.25) is 0 Å². The van der Waals surface area contributed by atoms with E-state index in [1.165, 1.54) is 51.8 Å². The highest BCUT2D eigenvalue weighted by atomic mass is 19.1. The summed E-state index contributed by atoms with van der Waals surface area (Å²) >= 11 is 0. The number of hydrogen-bond acceptors (Lipinski definition) is 5. The van der Waals surface area contributed by atoms with Gasteiger partial charge in [-0.3, -0.25) is 19.2 Å². The Morgan fingerprint density at radius 3 is 2.57 bits per heavy atom. The van der Waals surface area contributed by atoms with Crippen LogP contribution in [0.15, 0.2) is 35.3 Å². The van der Waals surface area contributed by atoms with Crippen molar-refractivity contribution in [2.75, 3.05) is 13.1 Å². The summed E-state index contributed by atoms with van der Waals surface area (Å²) < 4.78 is 14.3. The lowest BCUT2D eigenvalue weighted by atomic mass is 10.1. The Labute approximate surface area is 170 Å². The zero-order valence-corrected chi connectivity index (χ0v) is 16.1. The number of benzene rings is 1.